The van der Waals surface area contributed by atoms with Gasteiger partial charge in [-0.3, -0.25) is 9.78 Å². The van der Waals surface area contributed by atoms with Crippen LogP contribution >= 0.6 is 0 Å². The van der Waals surface area contributed by atoms with Gasteiger partial charge in [0, 0.05) is 31.2 Å². The van der Waals surface area contributed by atoms with Crippen molar-refractivity contribution in [3.05, 3.63) is 88.5 Å². The summed E-state index contributed by atoms with van der Waals surface area (Å²) >= 11 is 0. The molecule has 1 aromatic carbocycles. The van der Waals surface area contributed by atoms with E-state index in [1.807, 2.05) is 68.4 Å². The molecule has 0 bridgehead atoms. The summed E-state index contributed by atoms with van der Waals surface area (Å²) < 4.78 is 13.2. The quantitative estimate of drug-likeness (QED) is 0.357. The molecule has 1 N–H and O–H groups in total. The third kappa shape index (κ3) is 6.33. The van der Waals surface area contributed by atoms with Gasteiger partial charge < -0.3 is 19.4 Å². The van der Waals surface area contributed by atoms with Crippen LogP contribution in [0.15, 0.2) is 60.3 Å². The number of amides is 1. The highest BCUT2D eigenvalue weighted by Gasteiger charge is 2.16. The Morgan fingerprint density at radius 1 is 1.24 bits per heavy atom. The van der Waals surface area contributed by atoms with Crippen LogP contribution in [0, 0.1) is 25.2 Å². The number of aromatic nitrogens is 2. The number of aryl methyl sites for hydroxylation is 1. The highest BCUT2D eigenvalue weighted by molar-refractivity contribution is 6.01. The standard InChI is InChI=1S/C27H30N4O3/c1-19-12-23(21(3)31(19)20(2)17-33-4)14-24(15-28)27(32)30-16-22-8-7-10-26(13-22)34-18-25-9-5-6-11-29-25/h5-14,20H,16-18H2,1-4H3,(H,30,32)/b24-14+. The van der Waals surface area contributed by atoms with Gasteiger partial charge in [-0.2, -0.15) is 5.26 Å². The molecule has 0 fully saturated rings. The van der Waals surface area contributed by atoms with Crippen molar-refractivity contribution >= 4 is 12.0 Å². The van der Waals surface area contributed by atoms with Crippen molar-refractivity contribution in [2.75, 3.05) is 13.7 Å². The molecule has 0 saturated heterocycles. The minimum atomic E-state index is -0.419. The summed E-state index contributed by atoms with van der Waals surface area (Å²) in [6.07, 6.45) is 3.36. The minimum Gasteiger partial charge on any atom is -0.487 e. The highest BCUT2D eigenvalue weighted by Crippen LogP contribution is 2.23. The van der Waals surface area contributed by atoms with Gasteiger partial charge in [-0.25, -0.2) is 0 Å². The van der Waals surface area contributed by atoms with Crippen LogP contribution in [-0.4, -0.2) is 29.2 Å². The Bertz CT molecular complexity index is 1190. The van der Waals surface area contributed by atoms with E-state index in [0.717, 1.165) is 28.2 Å². The van der Waals surface area contributed by atoms with E-state index in [9.17, 15) is 10.1 Å². The van der Waals surface area contributed by atoms with Gasteiger partial charge in [0.25, 0.3) is 5.91 Å². The number of hydrogen-bond donors (Lipinski definition) is 1. The largest absolute Gasteiger partial charge is 0.487 e. The van der Waals surface area contributed by atoms with Crippen molar-refractivity contribution in [1.82, 2.24) is 14.9 Å². The van der Waals surface area contributed by atoms with Gasteiger partial charge in [0.1, 0.15) is 24.0 Å². The topological polar surface area (TPSA) is 89.2 Å². The molecule has 0 aliphatic rings. The summed E-state index contributed by atoms with van der Waals surface area (Å²) in [4.78, 5) is 17.0. The summed E-state index contributed by atoms with van der Waals surface area (Å²) in [6.45, 7) is 7.28. The second kappa shape index (κ2) is 11.8. The Hall–Kier alpha value is -3.89. The average Bonchev–Trinajstić information content (AvgIpc) is 3.13. The van der Waals surface area contributed by atoms with Crippen LogP contribution in [0.1, 0.15) is 41.2 Å². The Morgan fingerprint density at radius 2 is 2.06 bits per heavy atom. The maximum atomic E-state index is 12.7. The van der Waals surface area contributed by atoms with E-state index in [4.69, 9.17) is 9.47 Å². The molecule has 3 aromatic rings. The third-order valence-corrected chi connectivity index (χ3v) is 5.50. The molecule has 1 unspecified atom stereocenters. The minimum absolute atomic E-state index is 0.0576. The first-order valence-electron chi connectivity index (χ1n) is 11.1. The van der Waals surface area contributed by atoms with E-state index in [1.54, 1.807) is 19.4 Å². The molecule has 0 radical (unpaired) electrons. The van der Waals surface area contributed by atoms with Crippen LogP contribution in [0.3, 0.4) is 0 Å². The molecule has 34 heavy (non-hydrogen) atoms. The zero-order chi connectivity index (χ0) is 24.5. The number of nitrogens with one attached hydrogen (secondary N) is 1. The molecule has 2 heterocycles. The summed E-state index contributed by atoms with van der Waals surface area (Å²) in [5.74, 6) is 0.267. The van der Waals surface area contributed by atoms with E-state index < -0.39 is 5.91 Å². The maximum Gasteiger partial charge on any atom is 0.262 e. The monoisotopic (exact) mass is 458 g/mol. The van der Waals surface area contributed by atoms with Gasteiger partial charge in [0.05, 0.1) is 18.3 Å². The van der Waals surface area contributed by atoms with Crippen molar-refractivity contribution in [3.63, 3.8) is 0 Å². The fourth-order valence-corrected chi connectivity index (χ4v) is 3.91. The Morgan fingerprint density at radius 3 is 2.76 bits per heavy atom. The average molecular weight is 459 g/mol. The van der Waals surface area contributed by atoms with Crippen LogP contribution < -0.4 is 10.1 Å². The van der Waals surface area contributed by atoms with Crippen molar-refractivity contribution in [1.29, 1.82) is 5.26 Å². The number of benzene rings is 1. The number of pyridine rings is 1. The lowest BCUT2D eigenvalue weighted by atomic mass is 10.1. The predicted octanol–water partition coefficient (Wildman–Crippen LogP) is 4.51. The van der Waals surface area contributed by atoms with Crippen molar-refractivity contribution < 1.29 is 14.3 Å². The van der Waals surface area contributed by atoms with E-state index in [2.05, 4.69) is 21.8 Å². The zero-order valence-electron chi connectivity index (χ0n) is 20.0. The Balaban J connectivity index is 1.65. The van der Waals surface area contributed by atoms with E-state index in [1.165, 1.54) is 0 Å². The second-order valence-electron chi connectivity index (χ2n) is 8.11. The van der Waals surface area contributed by atoms with Crippen molar-refractivity contribution in [3.8, 4) is 11.8 Å². The normalized spacial score (nSPS) is 12.1. The lowest BCUT2D eigenvalue weighted by Crippen LogP contribution is -2.24. The van der Waals surface area contributed by atoms with Crippen LogP contribution in [-0.2, 0) is 22.7 Å². The molecular weight excluding hydrogens is 428 g/mol. The fraction of sp³-hybridized carbons (Fsp3) is 0.296. The second-order valence-corrected chi connectivity index (χ2v) is 8.11. The third-order valence-electron chi connectivity index (χ3n) is 5.50. The lowest BCUT2D eigenvalue weighted by molar-refractivity contribution is -0.117. The van der Waals surface area contributed by atoms with Gasteiger partial charge in [-0.05, 0) is 68.3 Å². The van der Waals surface area contributed by atoms with Gasteiger partial charge in [0.2, 0.25) is 0 Å². The zero-order valence-corrected chi connectivity index (χ0v) is 20.0. The highest BCUT2D eigenvalue weighted by atomic mass is 16.5. The molecule has 0 aliphatic heterocycles. The number of carbonyl (C=O) groups excluding carboxylic acids is 1. The first-order chi connectivity index (χ1) is 16.4. The van der Waals surface area contributed by atoms with Gasteiger partial charge in [-0.15, -0.1) is 0 Å². The molecule has 2 aromatic heterocycles. The summed E-state index contributed by atoms with van der Waals surface area (Å²) in [6, 6.07) is 17.3. The molecule has 3 rings (SSSR count). The van der Waals surface area contributed by atoms with Gasteiger partial charge >= 0.3 is 0 Å². The van der Waals surface area contributed by atoms with Crippen molar-refractivity contribution in [2.45, 2.75) is 40.0 Å². The van der Waals surface area contributed by atoms with Crippen molar-refractivity contribution in [2.24, 2.45) is 0 Å². The number of carbonyl (C=O) groups is 1. The number of nitriles is 1. The van der Waals surface area contributed by atoms with Crippen LogP contribution in [0.5, 0.6) is 5.75 Å². The maximum absolute atomic E-state index is 12.7. The first-order valence-corrected chi connectivity index (χ1v) is 11.1. The predicted molar refractivity (Wildman–Crippen MR) is 131 cm³/mol. The molecule has 7 nitrogen and oxygen atoms in total. The van der Waals surface area contributed by atoms with E-state index in [-0.39, 0.29) is 18.2 Å². The van der Waals surface area contributed by atoms with Gasteiger partial charge in [-0.1, -0.05) is 18.2 Å². The molecule has 176 valence electrons. The Kier molecular flexibility index (Phi) is 8.60. The van der Waals surface area contributed by atoms with Crippen LogP contribution in [0.4, 0.5) is 0 Å². The summed E-state index contributed by atoms with van der Waals surface area (Å²) in [7, 11) is 1.67. The van der Waals surface area contributed by atoms with E-state index in [0.29, 0.717) is 19.0 Å². The van der Waals surface area contributed by atoms with E-state index >= 15 is 0 Å². The van der Waals surface area contributed by atoms with Crippen LogP contribution in [0.2, 0.25) is 0 Å². The lowest BCUT2D eigenvalue weighted by Gasteiger charge is -2.17. The fourth-order valence-electron chi connectivity index (χ4n) is 3.91. The van der Waals surface area contributed by atoms with Gasteiger partial charge in [0.15, 0.2) is 0 Å². The number of methoxy groups -OCH3 is 1. The molecule has 7 heteroatoms. The SMILES string of the molecule is COCC(C)n1c(C)cc(/C=C(\C#N)C(=O)NCc2cccc(OCc3ccccn3)c2)c1C. The molecule has 0 aliphatic carbocycles. The molecular formula is C27H30N4O3. The summed E-state index contributed by atoms with van der Waals surface area (Å²) in [5.41, 5.74) is 4.64. The Labute approximate surface area is 200 Å². The first kappa shape index (κ1) is 24.7. The summed E-state index contributed by atoms with van der Waals surface area (Å²) in [5, 5.41) is 12.4. The molecule has 0 spiro atoms. The molecule has 0 saturated carbocycles. The number of nitrogens with zero attached hydrogens (tertiary/aromatic N) is 3. The number of ether oxygens (including phenoxy) is 2. The molecule has 1 amide bonds. The van der Waals surface area contributed by atoms with Crippen LogP contribution in [0.25, 0.3) is 6.08 Å². The smallest absolute Gasteiger partial charge is 0.262 e. The molecule has 1 atom stereocenters. The number of rotatable bonds is 10. The number of hydrogen-bond acceptors (Lipinski definition) is 5.